The van der Waals surface area contributed by atoms with Gasteiger partial charge in [0.05, 0.1) is 5.69 Å². The summed E-state index contributed by atoms with van der Waals surface area (Å²) in [4.78, 5) is 0. The molecule has 0 spiro atoms. The molecule has 1 nitrogen and oxygen atoms in total. The average molecular weight is 215 g/mol. The normalized spacial score (nSPS) is 10.1. The highest BCUT2D eigenvalue weighted by molar-refractivity contribution is 5.45. The van der Waals surface area contributed by atoms with Crippen molar-refractivity contribution < 1.29 is 13.2 Å². The largest absolute Gasteiger partial charge is 0.383 e. The van der Waals surface area contributed by atoms with Gasteiger partial charge >= 0.3 is 0 Å². The molecule has 82 valence electrons. The van der Waals surface area contributed by atoms with Gasteiger partial charge in [0.1, 0.15) is 5.82 Å². The van der Waals surface area contributed by atoms with E-state index in [9.17, 15) is 13.2 Å². The van der Waals surface area contributed by atoms with Crippen LogP contribution in [0.25, 0.3) is 0 Å². The maximum Gasteiger partial charge on any atom is 0.161 e. The van der Waals surface area contributed by atoms with Crippen molar-refractivity contribution in [1.82, 2.24) is 0 Å². The molecule has 0 aromatic heterocycles. The molecule has 1 aromatic rings. The highest BCUT2D eigenvalue weighted by Gasteiger charge is 2.08. The Morgan fingerprint density at radius 3 is 2.47 bits per heavy atom. The minimum absolute atomic E-state index is 0.0158. The minimum Gasteiger partial charge on any atom is -0.383 e. The molecule has 1 aromatic carbocycles. The monoisotopic (exact) mass is 215 g/mol. The van der Waals surface area contributed by atoms with Crippen molar-refractivity contribution in [2.75, 3.05) is 11.9 Å². The van der Waals surface area contributed by atoms with Crippen molar-refractivity contribution in [3.05, 3.63) is 42.2 Å². The zero-order valence-corrected chi connectivity index (χ0v) is 8.19. The van der Waals surface area contributed by atoms with Gasteiger partial charge in [-0.1, -0.05) is 6.08 Å². The number of benzene rings is 1. The zero-order valence-electron chi connectivity index (χ0n) is 8.19. The second-order valence-electron chi connectivity index (χ2n) is 3.10. The Morgan fingerprint density at radius 2 is 1.80 bits per heavy atom. The van der Waals surface area contributed by atoms with Gasteiger partial charge in [-0.15, -0.1) is 6.58 Å². The minimum atomic E-state index is -1.18. The van der Waals surface area contributed by atoms with Crippen molar-refractivity contribution in [1.29, 1.82) is 0 Å². The van der Waals surface area contributed by atoms with E-state index in [0.29, 0.717) is 12.6 Å². The van der Waals surface area contributed by atoms with Crippen molar-refractivity contribution >= 4 is 5.69 Å². The molecule has 15 heavy (non-hydrogen) atoms. The first-order valence-electron chi connectivity index (χ1n) is 4.64. The molecular formula is C11H12F3N. The van der Waals surface area contributed by atoms with Gasteiger partial charge in [0, 0.05) is 18.7 Å². The van der Waals surface area contributed by atoms with E-state index >= 15 is 0 Å². The lowest BCUT2D eigenvalue weighted by molar-refractivity contribution is 0.496. The first kappa shape index (κ1) is 11.6. The number of hydrogen-bond acceptors (Lipinski definition) is 1. The summed E-state index contributed by atoms with van der Waals surface area (Å²) in [7, 11) is 0. The molecule has 0 aliphatic carbocycles. The predicted octanol–water partition coefficient (Wildman–Crippen LogP) is 3.48. The van der Waals surface area contributed by atoms with Gasteiger partial charge in [-0.2, -0.15) is 0 Å². The lowest BCUT2D eigenvalue weighted by Gasteiger charge is -2.07. The molecule has 0 heterocycles. The standard InChI is InChI=1S/C11H12F3N/c1-2-3-4-5-15-11-7-9(13)8(12)6-10(11)14/h2,6-7,15H,1,3-5H2. The fourth-order valence-corrected chi connectivity index (χ4v) is 1.13. The van der Waals surface area contributed by atoms with Crippen LogP contribution in [0.1, 0.15) is 12.8 Å². The van der Waals surface area contributed by atoms with Gasteiger partial charge in [0.15, 0.2) is 11.6 Å². The third kappa shape index (κ3) is 3.31. The van der Waals surface area contributed by atoms with Crippen LogP contribution in [0.15, 0.2) is 24.8 Å². The molecule has 0 radical (unpaired) electrons. The van der Waals surface area contributed by atoms with E-state index in [1.807, 2.05) is 0 Å². The lowest BCUT2D eigenvalue weighted by atomic mass is 10.2. The quantitative estimate of drug-likeness (QED) is 0.450. The van der Waals surface area contributed by atoms with Gasteiger partial charge in [-0.05, 0) is 12.8 Å². The fraction of sp³-hybridized carbons (Fsp3) is 0.273. The third-order valence-corrected chi connectivity index (χ3v) is 1.91. The number of rotatable bonds is 5. The Balaban J connectivity index is 2.61. The highest BCUT2D eigenvalue weighted by Crippen LogP contribution is 2.18. The summed E-state index contributed by atoms with van der Waals surface area (Å²) in [6, 6.07) is 1.35. The predicted molar refractivity (Wildman–Crippen MR) is 54.2 cm³/mol. The summed E-state index contributed by atoms with van der Waals surface area (Å²) >= 11 is 0. The Morgan fingerprint density at radius 1 is 1.13 bits per heavy atom. The van der Waals surface area contributed by atoms with Crippen LogP contribution in [-0.4, -0.2) is 6.54 Å². The van der Waals surface area contributed by atoms with Crippen LogP contribution in [0, 0.1) is 17.5 Å². The van der Waals surface area contributed by atoms with Crippen LogP contribution in [0.3, 0.4) is 0 Å². The number of allylic oxidation sites excluding steroid dienone is 1. The van der Waals surface area contributed by atoms with Gasteiger partial charge in [0.2, 0.25) is 0 Å². The summed E-state index contributed by atoms with van der Waals surface area (Å²) in [6.07, 6.45) is 3.30. The Kier molecular flexibility index (Phi) is 4.21. The second kappa shape index (κ2) is 5.44. The molecule has 0 fully saturated rings. The number of hydrogen-bond donors (Lipinski definition) is 1. The van der Waals surface area contributed by atoms with Crippen LogP contribution in [0.4, 0.5) is 18.9 Å². The molecule has 1 rings (SSSR count). The first-order valence-corrected chi connectivity index (χ1v) is 4.64. The van der Waals surface area contributed by atoms with Crippen LogP contribution < -0.4 is 5.32 Å². The highest BCUT2D eigenvalue weighted by atomic mass is 19.2. The van der Waals surface area contributed by atoms with Crippen molar-refractivity contribution in [3.8, 4) is 0 Å². The molecule has 0 saturated carbocycles. The number of unbranched alkanes of at least 4 members (excludes halogenated alkanes) is 1. The molecule has 0 bridgehead atoms. The van der Waals surface area contributed by atoms with E-state index < -0.39 is 17.5 Å². The molecule has 1 N–H and O–H groups in total. The molecular weight excluding hydrogens is 203 g/mol. The van der Waals surface area contributed by atoms with Crippen molar-refractivity contribution in [2.24, 2.45) is 0 Å². The zero-order chi connectivity index (χ0) is 11.3. The second-order valence-corrected chi connectivity index (χ2v) is 3.10. The first-order chi connectivity index (χ1) is 7.15. The van der Waals surface area contributed by atoms with Crippen LogP contribution in [0.5, 0.6) is 0 Å². The molecule has 0 aliphatic heterocycles. The number of nitrogens with one attached hydrogen (secondary N) is 1. The van der Waals surface area contributed by atoms with E-state index in [-0.39, 0.29) is 5.69 Å². The van der Waals surface area contributed by atoms with E-state index in [0.717, 1.165) is 18.9 Å². The summed E-state index contributed by atoms with van der Waals surface area (Å²) in [5.41, 5.74) is -0.0158. The smallest absolute Gasteiger partial charge is 0.161 e. The third-order valence-electron chi connectivity index (χ3n) is 1.91. The molecule has 0 unspecified atom stereocenters. The molecule has 0 saturated heterocycles. The summed E-state index contributed by atoms with van der Waals surface area (Å²) in [6.45, 7) is 4.03. The Bertz CT molecular complexity index is 350. The molecule has 0 aliphatic rings. The Labute approximate surface area is 86.6 Å². The van der Waals surface area contributed by atoms with Gasteiger partial charge in [0.25, 0.3) is 0 Å². The maximum absolute atomic E-state index is 13.1. The summed E-state index contributed by atoms with van der Waals surface area (Å²) < 4.78 is 38.3. The van der Waals surface area contributed by atoms with Crippen LogP contribution in [0.2, 0.25) is 0 Å². The summed E-state index contributed by atoms with van der Waals surface area (Å²) in [5, 5.41) is 2.69. The van der Waals surface area contributed by atoms with E-state index in [1.54, 1.807) is 6.08 Å². The molecule has 0 atom stereocenters. The van der Waals surface area contributed by atoms with Crippen molar-refractivity contribution in [2.45, 2.75) is 12.8 Å². The van der Waals surface area contributed by atoms with Gasteiger partial charge in [-0.3, -0.25) is 0 Å². The van der Waals surface area contributed by atoms with Gasteiger partial charge in [-0.25, -0.2) is 13.2 Å². The fourth-order valence-electron chi connectivity index (χ4n) is 1.13. The SMILES string of the molecule is C=CCCCNc1cc(F)c(F)cc1F. The van der Waals surface area contributed by atoms with Crippen LogP contribution in [-0.2, 0) is 0 Å². The van der Waals surface area contributed by atoms with E-state index in [4.69, 9.17) is 0 Å². The summed E-state index contributed by atoms with van der Waals surface area (Å²) in [5.74, 6) is -3.01. The lowest BCUT2D eigenvalue weighted by Crippen LogP contribution is -2.04. The number of anilines is 1. The van der Waals surface area contributed by atoms with E-state index in [1.165, 1.54) is 0 Å². The molecule has 4 heteroatoms. The topological polar surface area (TPSA) is 12.0 Å². The van der Waals surface area contributed by atoms with Gasteiger partial charge < -0.3 is 5.32 Å². The Hall–Kier alpha value is -1.45. The number of halogens is 3. The average Bonchev–Trinajstić information content (AvgIpc) is 2.20. The van der Waals surface area contributed by atoms with Crippen LogP contribution >= 0.6 is 0 Å². The van der Waals surface area contributed by atoms with E-state index in [2.05, 4.69) is 11.9 Å². The molecule has 0 amide bonds. The van der Waals surface area contributed by atoms with Crippen molar-refractivity contribution in [3.63, 3.8) is 0 Å². The maximum atomic E-state index is 13.1.